The fourth-order valence-corrected chi connectivity index (χ4v) is 0.847. The van der Waals surface area contributed by atoms with Gasteiger partial charge in [-0.1, -0.05) is 42.5 Å². The summed E-state index contributed by atoms with van der Waals surface area (Å²) in [5.74, 6) is 0. The van der Waals surface area contributed by atoms with E-state index >= 15 is 0 Å². The molecule has 1 rings (SSSR count). The van der Waals surface area contributed by atoms with Gasteiger partial charge in [-0.3, -0.25) is 0 Å². The van der Waals surface area contributed by atoms with E-state index in [9.17, 15) is 0 Å². The van der Waals surface area contributed by atoms with Crippen LogP contribution >= 0.6 is 0 Å². The predicted octanol–water partition coefficient (Wildman–Crippen LogP) is 1.96. The van der Waals surface area contributed by atoms with Crippen molar-refractivity contribution >= 4 is 12.3 Å². The van der Waals surface area contributed by atoms with Crippen LogP contribution in [0, 0.1) is 7.05 Å². The molecule has 0 aliphatic heterocycles. The molecule has 1 aromatic carbocycles. The van der Waals surface area contributed by atoms with Crippen molar-refractivity contribution in [3.8, 4) is 0 Å². The lowest BCUT2D eigenvalue weighted by Gasteiger charge is -1.91. The van der Waals surface area contributed by atoms with E-state index in [1.165, 1.54) is 4.58 Å². The van der Waals surface area contributed by atoms with Gasteiger partial charge in [-0.25, -0.2) is 0 Å². The first-order valence-electron chi connectivity index (χ1n) is 3.80. The Kier molecular flexibility index (Phi) is 3.15. The lowest BCUT2D eigenvalue weighted by Crippen LogP contribution is -1.91. The van der Waals surface area contributed by atoms with Crippen LogP contribution in [0.3, 0.4) is 0 Å². The third-order valence-electron chi connectivity index (χ3n) is 1.40. The molecule has 0 aliphatic rings. The largest absolute Gasteiger partial charge is 0.381 e. The Morgan fingerprint density at radius 2 is 1.92 bits per heavy atom. The van der Waals surface area contributed by atoms with E-state index in [0.717, 1.165) is 5.56 Å². The molecule has 0 bridgehead atoms. The first-order chi connectivity index (χ1) is 5.79. The topological polar surface area (TPSA) is 3.01 Å². The highest BCUT2D eigenvalue weighted by Crippen LogP contribution is 1.99. The van der Waals surface area contributed by atoms with Crippen LogP contribution in [-0.2, 0) is 0 Å². The fraction of sp³-hybridized carbons (Fsp3) is 0.0909. The van der Waals surface area contributed by atoms with Crippen LogP contribution in [0.25, 0.3) is 6.08 Å². The molecular formula is C11H11N. The molecule has 0 saturated carbocycles. The number of hydrogen-bond donors (Lipinski definition) is 0. The van der Waals surface area contributed by atoms with Gasteiger partial charge >= 0.3 is 0 Å². The first-order valence-corrected chi connectivity index (χ1v) is 3.80. The van der Waals surface area contributed by atoms with Crippen LogP contribution in [0.15, 0.2) is 36.4 Å². The summed E-state index contributed by atoms with van der Waals surface area (Å²) >= 11 is 0. The maximum absolute atomic E-state index is 7.07. The van der Waals surface area contributed by atoms with Gasteiger partial charge in [-0.15, -0.1) is 0 Å². The van der Waals surface area contributed by atoms with E-state index in [4.69, 9.17) is 7.05 Å². The summed E-state index contributed by atoms with van der Waals surface area (Å²) in [6.07, 6.45) is 5.50. The van der Waals surface area contributed by atoms with Crippen molar-refractivity contribution in [3.63, 3.8) is 0 Å². The Bertz CT molecular complexity index is 279. The minimum absolute atomic E-state index is 1.15. The number of benzene rings is 1. The molecule has 0 amide bonds. The molecule has 1 aromatic rings. The highest BCUT2D eigenvalue weighted by Gasteiger charge is 1.79. The van der Waals surface area contributed by atoms with E-state index in [-0.39, 0.29) is 0 Å². The van der Waals surface area contributed by atoms with Crippen LogP contribution in [0.5, 0.6) is 0 Å². The summed E-state index contributed by atoms with van der Waals surface area (Å²) in [4.78, 5) is 0. The molecule has 0 saturated heterocycles. The number of hydrogen-bond acceptors (Lipinski definition) is 0. The van der Waals surface area contributed by atoms with E-state index in [1.54, 1.807) is 13.3 Å². The molecule has 0 unspecified atom stereocenters. The van der Waals surface area contributed by atoms with Gasteiger partial charge in [0.15, 0.2) is 0 Å². The van der Waals surface area contributed by atoms with Gasteiger partial charge in [-0.2, -0.15) is 0 Å². The van der Waals surface area contributed by atoms with Crippen LogP contribution in [-0.4, -0.2) is 17.8 Å². The fourth-order valence-electron chi connectivity index (χ4n) is 0.847. The first kappa shape index (κ1) is 8.60. The van der Waals surface area contributed by atoms with Crippen molar-refractivity contribution in [1.82, 2.24) is 0 Å². The maximum Gasteiger partial charge on any atom is 0.104 e. The average Bonchev–Trinajstić information content (AvgIpc) is 2.05. The smallest absolute Gasteiger partial charge is 0.104 e. The summed E-state index contributed by atoms with van der Waals surface area (Å²) in [5, 5.41) is 0. The van der Waals surface area contributed by atoms with Crippen molar-refractivity contribution in [2.45, 2.75) is 0 Å². The van der Waals surface area contributed by atoms with Crippen molar-refractivity contribution in [2.24, 2.45) is 0 Å². The highest BCUT2D eigenvalue weighted by molar-refractivity contribution is 5.74. The zero-order valence-electron chi connectivity index (χ0n) is 7.07. The van der Waals surface area contributed by atoms with Gasteiger partial charge in [0, 0.05) is 13.3 Å². The number of nitrogens with zero attached hydrogens (tertiary/aromatic N) is 1. The Morgan fingerprint density at radius 3 is 2.50 bits per heavy atom. The highest BCUT2D eigenvalue weighted by atomic mass is 14.9. The monoisotopic (exact) mass is 157 g/mol. The Labute approximate surface area is 73.7 Å². The predicted molar refractivity (Wildman–Crippen MR) is 51.0 cm³/mol. The van der Waals surface area contributed by atoms with E-state index in [0.29, 0.717) is 0 Å². The summed E-state index contributed by atoms with van der Waals surface area (Å²) < 4.78 is 1.26. The second-order valence-corrected chi connectivity index (χ2v) is 2.53. The number of allylic oxidation sites excluding steroid dienone is 1. The number of rotatable bonds is 2. The van der Waals surface area contributed by atoms with Crippen molar-refractivity contribution < 1.29 is 4.58 Å². The van der Waals surface area contributed by atoms with Crippen molar-refractivity contribution in [2.75, 3.05) is 7.05 Å². The molecule has 60 valence electrons. The molecule has 2 radical (unpaired) electrons. The Morgan fingerprint density at radius 1 is 1.25 bits per heavy atom. The van der Waals surface area contributed by atoms with Gasteiger partial charge in [-0.05, 0) is 5.56 Å². The third kappa shape index (κ3) is 3.06. The second-order valence-electron chi connectivity index (χ2n) is 2.53. The third-order valence-corrected chi connectivity index (χ3v) is 1.40. The molecule has 0 aromatic heterocycles. The lowest BCUT2D eigenvalue weighted by molar-refractivity contribution is -0.424. The maximum atomic E-state index is 7.07. The Hall–Kier alpha value is -1.50. The molecule has 0 fully saturated rings. The molecule has 0 spiro atoms. The molecule has 12 heavy (non-hydrogen) atoms. The van der Waals surface area contributed by atoms with Crippen LogP contribution in [0.1, 0.15) is 5.56 Å². The van der Waals surface area contributed by atoms with Gasteiger partial charge in [0.05, 0.1) is 0 Å². The quantitative estimate of drug-likeness (QED) is 0.351. The van der Waals surface area contributed by atoms with Gasteiger partial charge in [0.1, 0.15) is 7.05 Å². The van der Waals surface area contributed by atoms with Crippen LogP contribution in [0.4, 0.5) is 0 Å². The summed E-state index contributed by atoms with van der Waals surface area (Å²) in [6, 6.07) is 10.0. The van der Waals surface area contributed by atoms with Gasteiger partial charge in [0.25, 0.3) is 0 Å². The average molecular weight is 157 g/mol. The van der Waals surface area contributed by atoms with Crippen LogP contribution in [0.2, 0.25) is 0 Å². The lowest BCUT2D eigenvalue weighted by atomic mass is 10.2. The molecule has 0 heterocycles. The zero-order valence-corrected chi connectivity index (χ0v) is 7.07. The van der Waals surface area contributed by atoms with Gasteiger partial charge in [0.2, 0.25) is 0 Å². The van der Waals surface area contributed by atoms with E-state index in [1.807, 2.05) is 42.5 Å². The summed E-state index contributed by atoms with van der Waals surface area (Å²) in [6.45, 7) is 0. The summed E-state index contributed by atoms with van der Waals surface area (Å²) in [5.41, 5.74) is 1.15. The minimum atomic E-state index is 1.15. The molecule has 0 atom stereocenters. The molecule has 1 heteroatoms. The normalized spacial score (nSPS) is 12.2. The molecular weight excluding hydrogens is 146 g/mol. The van der Waals surface area contributed by atoms with Crippen molar-refractivity contribution in [3.05, 3.63) is 49.0 Å². The molecule has 0 N–H and O–H groups in total. The van der Waals surface area contributed by atoms with E-state index < -0.39 is 0 Å². The second kappa shape index (κ2) is 4.39. The molecule has 0 aliphatic carbocycles. The molecule has 1 nitrogen and oxygen atoms in total. The van der Waals surface area contributed by atoms with Gasteiger partial charge < -0.3 is 4.58 Å². The Balaban J connectivity index is 2.64. The standard InChI is InChI=1S/C11H11N/c1-12(2)10-6-9-11-7-4-3-5-8-11/h3-10H,1H3/b9-6+,12-10?. The van der Waals surface area contributed by atoms with Crippen LogP contribution < -0.4 is 0 Å². The van der Waals surface area contributed by atoms with E-state index in [2.05, 4.69) is 0 Å². The summed E-state index contributed by atoms with van der Waals surface area (Å²) in [7, 11) is 8.75. The SMILES string of the molecule is [C-][N+](C)=C/C=C/c1ccccc1. The minimum Gasteiger partial charge on any atom is -0.381 e. The van der Waals surface area contributed by atoms with Crippen molar-refractivity contribution in [1.29, 1.82) is 0 Å². The zero-order chi connectivity index (χ0) is 8.81.